The van der Waals surface area contributed by atoms with Crippen molar-refractivity contribution in [3.8, 4) is 5.75 Å². The fourth-order valence-corrected chi connectivity index (χ4v) is 1.86. The van der Waals surface area contributed by atoms with Gasteiger partial charge in [0.15, 0.2) is 0 Å². The summed E-state index contributed by atoms with van der Waals surface area (Å²) in [7, 11) is 0. The summed E-state index contributed by atoms with van der Waals surface area (Å²) in [5.41, 5.74) is 0.928. The molecule has 4 nitrogen and oxygen atoms in total. The zero-order valence-electron chi connectivity index (χ0n) is 11.6. The van der Waals surface area contributed by atoms with Gasteiger partial charge in [0.1, 0.15) is 11.5 Å². The van der Waals surface area contributed by atoms with Crippen LogP contribution in [0, 0.1) is 0 Å². The number of carbonyl (C=O) groups excluding carboxylic acids is 2. The monoisotopic (exact) mass is 342 g/mol. The molecule has 110 valence electrons. The van der Waals surface area contributed by atoms with E-state index in [1.54, 1.807) is 6.92 Å². The van der Waals surface area contributed by atoms with Gasteiger partial charge in [-0.25, -0.2) is 0 Å². The average molecular weight is 343 g/mol. The van der Waals surface area contributed by atoms with Gasteiger partial charge in [0.25, 0.3) is 0 Å². The third-order valence-electron chi connectivity index (χ3n) is 2.55. The van der Waals surface area contributed by atoms with Crippen LogP contribution in [-0.4, -0.2) is 30.3 Å². The Morgan fingerprint density at radius 1 is 1.30 bits per heavy atom. The molecule has 0 fully saturated rings. The van der Waals surface area contributed by atoms with Crippen molar-refractivity contribution in [2.75, 3.05) is 18.5 Å². The number of halogens is 1. The maximum absolute atomic E-state index is 11.4. The number of rotatable bonds is 9. The molecule has 0 heterocycles. The molecule has 0 radical (unpaired) electrons. The van der Waals surface area contributed by atoms with E-state index >= 15 is 0 Å². The number of benzene rings is 1. The van der Waals surface area contributed by atoms with Crippen LogP contribution in [0.5, 0.6) is 5.75 Å². The van der Waals surface area contributed by atoms with Crippen LogP contribution >= 0.6 is 15.9 Å². The first-order chi connectivity index (χ1) is 9.65. The van der Waals surface area contributed by atoms with Crippen molar-refractivity contribution < 1.29 is 19.1 Å². The van der Waals surface area contributed by atoms with E-state index in [0.29, 0.717) is 43.6 Å². The van der Waals surface area contributed by atoms with E-state index in [9.17, 15) is 9.59 Å². The summed E-state index contributed by atoms with van der Waals surface area (Å²) in [4.78, 5) is 22.5. The van der Waals surface area contributed by atoms with Crippen LogP contribution in [0.25, 0.3) is 0 Å². The summed E-state index contributed by atoms with van der Waals surface area (Å²) >= 11 is 3.14. The number of hydrogen-bond acceptors (Lipinski definition) is 4. The number of carbonyl (C=O) groups is 2. The molecule has 1 aromatic rings. The number of esters is 1. The molecule has 20 heavy (non-hydrogen) atoms. The van der Waals surface area contributed by atoms with Gasteiger partial charge < -0.3 is 9.47 Å². The van der Waals surface area contributed by atoms with Gasteiger partial charge in [-0.1, -0.05) is 28.1 Å². The molecule has 0 aliphatic carbocycles. The minimum absolute atomic E-state index is 0.129. The third-order valence-corrected chi connectivity index (χ3v) is 3.17. The highest BCUT2D eigenvalue weighted by Crippen LogP contribution is 2.14. The Bertz CT molecular complexity index is 445. The standard InChI is InChI=1S/C15H19BrO4/c1-2-19-15(18)7-4-8-20-14-6-3-5-12(10-14)9-13(17)11-16/h3,5-6,10H,2,4,7-9,11H2,1H3. The molecule has 0 spiro atoms. The first-order valence-corrected chi connectivity index (χ1v) is 7.73. The van der Waals surface area contributed by atoms with Crippen LogP contribution < -0.4 is 4.74 Å². The summed E-state index contributed by atoms with van der Waals surface area (Å²) in [6.07, 6.45) is 1.37. The molecule has 1 rings (SSSR count). The molecule has 0 aromatic heterocycles. The Labute approximate surface area is 127 Å². The predicted molar refractivity (Wildman–Crippen MR) is 80.3 cm³/mol. The predicted octanol–water partition coefficient (Wildman–Crippen LogP) is 2.92. The quantitative estimate of drug-likeness (QED) is 0.393. The van der Waals surface area contributed by atoms with Gasteiger partial charge in [-0.2, -0.15) is 0 Å². The van der Waals surface area contributed by atoms with E-state index in [1.165, 1.54) is 0 Å². The van der Waals surface area contributed by atoms with E-state index in [0.717, 1.165) is 5.56 Å². The van der Waals surface area contributed by atoms with E-state index in [4.69, 9.17) is 9.47 Å². The van der Waals surface area contributed by atoms with Crippen molar-refractivity contribution >= 4 is 27.7 Å². The van der Waals surface area contributed by atoms with Crippen LogP contribution in [0.2, 0.25) is 0 Å². The maximum atomic E-state index is 11.4. The maximum Gasteiger partial charge on any atom is 0.305 e. The normalized spacial score (nSPS) is 10.1. The van der Waals surface area contributed by atoms with E-state index in [1.807, 2.05) is 24.3 Å². The summed E-state index contributed by atoms with van der Waals surface area (Å²) in [6.45, 7) is 2.64. The molecule has 1 aromatic carbocycles. The van der Waals surface area contributed by atoms with Gasteiger partial charge in [-0.3, -0.25) is 9.59 Å². The van der Waals surface area contributed by atoms with E-state index < -0.39 is 0 Å². The van der Waals surface area contributed by atoms with Crippen LogP contribution in [0.1, 0.15) is 25.3 Å². The van der Waals surface area contributed by atoms with Gasteiger partial charge in [-0.05, 0) is 31.0 Å². The lowest BCUT2D eigenvalue weighted by Gasteiger charge is -2.07. The molecule has 0 aliphatic rings. The molecule has 0 saturated heterocycles. The van der Waals surface area contributed by atoms with Crippen molar-refractivity contribution in [2.45, 2.75) is 26.2 Å². The molecule has 0 bridgehead atoms. The van der Waals surface area contributed by atoms with Gasteiger partial charge in [0.2, 0.25) is 0 Å². The highest BCUT2D eigenvalue weighted by Gasteiger charge is 2.04. The minimum Gasteiger partial charge on any atom is -0.494 e. The smallest absolute Gasteiger partial charge is 0.305 e. The fourth-order valence-electron chi connectivity index (χ4n) is 1.66. The lowest BCUT2D eigenvalue weighted by molar-refractivity contribution is -0.143. The fraction of sp³-hybridized carbons (Fsp3) is 0.467. The first-order valence-electron chi connectivity index (χ1n) is 6.60. The Hall–Kier alpha value is -1.36. The molecule has 0 atom stereocenters. The van der Waals surface area contributed by atoms with E-state index in [2.05, 4.69) is 15.9 Å². The van der Waals surface area contributed by atoms with Gasteiger partial charge in [0, 0.05) is 12.8 Å². The van der Waals surface area contributed by atoms with Crippen molar-refractivity contribution in [2.24, 2.45) is 0 Å². The van der Waals surface area contributed by atoms with Crippen LogP contribution in [0.4, 0.5) is 0 Å². The lowest BCUT2D eigenvalue weighted by atomic mass is 10.1. The van der Waals surface area contributed by atoms with Crippen molar-refractivity contribution in [3.05, 3.63) is 29.8 Å². The van der Waals surface area contributed by atoms with Gasteiger partial charge in [-0.15, -0.1) is 0 Å². The molecule has 0 saturated carbocycles. The molecule has 0 unspecified atom stereocenters. The van der Waals surface area contributed by atoms with E-state index in [-0.39, 0.29) is 11.8 Å². The number of hydrogen-bond donors (Lipinski definition) is 0. The zero-order chi connectivity index (χ0) is 14.8. The Balaban J connectivity index is 2.35. The first kappa shape index (κ1) is 16.7. The molecule has 5 heteroatoms. The number of ether oxygens (including phenoxy) is 2. The average Bonchev–Trinajstić information content (AvgIpc) is 2.44. The highest BCUT2D eigenvalue weighted by atomic mass is 79.9. The Kier molecular flexibility index (Phi) is 7.95. The largest absolute Gasteiger partial charge is 0.494 e. The lowest BCUT2D eigenvalue weighted by Crippen LogP contribution is -2.07. The van der Waals surface area contributed by atoms with Gasteiger partial charge >= 0.3 is 5.97 Å². The summed E-state index contributed by atoms with van der Waals surface area (Å²) in [6, 6.07) is 7.45. The number of Topliss-reactive ketones (excluding diaryl/α,β-unsaturated/α-hetero) is 1. The Morgan fingerprint density at radius 2 is 2.10 bits per heavy atom. The number of ketones is 1. The topological polar surface area (TPSA) is 52.6 Å². The van der Waals surface area contributed by atoms with Crippen LogP contribution in [0.3, 0.4) is 0 Å². The second kappa shape index (κ2) is 9.53. The van der Waals surface area contributed by atoms with Gasteiger partial charge in [0.05, 0.1) is 18.5 Å². The molecular formula is C15H19BrO4. The van der Waals surface area contributed by atoms with Crippen molar-refractivity contribution in [1.82, 2.24) is 0 Å². The Morgan fingerprint density at radius 3 is 2.80 bits per heavy atom. The number of alkyl halides is 1. The van der Waals surface area contributed by atoms with Crippen LogP contribution in [-0.2, 0) is 20.7 Å². The zero-order valence-corrected chi connectivity index (χ0v) is 13.1. The highest BCUT2D eigenvalue weighted by molar-refractivity contribution is 9.09. The second-order valence-corrected chi connectivity index (χ2v) is 4.81. The summed E-state index contributed by atoms with van der Waals surface area (Å²) in [5.74, 6) is 0.644. The summed E-state index contributed by atoms with van der Waals surface area (Å²) in [5, 5.41) is 0.359. The minimum atomic E-state index is -0.201. The summed E-state index contributed by atoms with van der Waals surface area (Å²) < 4.78 is 10.4. The second-order valence-electron chi connectivity index (χ2n) is 4.25. The third kappa shape index (κ3) is 6.70. The SMILES string of the molecule is CCOC(=O)CCCOc1cccc(CC(=O)CBr)c1. The van der Waals surface area contributed by atoms with Crippen molar-refractivity contribution in [3.63, 3.8) is 0 Å². The molecule has 0 amide bonds. The molecular weight excluding hydrogens is 324 g/mol. The molecule has 0 N–H and O–H groups in total. The molecule has 0 aliphatic heterocycles. The van der Waals surface area contributed by atoms with Crippen molar-refractivity contribution in [1.29, 1.82) is 0 Å². The van der Waals surface area contributed by atoms with Crippen LogP contribution in [0.15, 0.2) is 24.3 Å².